The molecule has 2 aliphatic rings. The molecule has 0 spiro atoms. The molecule has 2 fully saturated rings. The standard InChI is InChI=1S/C14H22N4O/c1-17-6-4-11(9-17)12-7-15-14(16-8-12)18-5-2-3-13(19)10-18/h7-8,11,13,19H,2-6,9-10H2,1H3. The van der Waals surface area contributed by atoms with Crippen molar-refractivity contribution in [1.29, 1.82) is 0 Å². The molecule has 2 unspecified atom stereocenters. The lowest BCUT2D eigenvalue weighted by atomic mass is 10.0. The van der Waals surface area contributed by atoms with Crippen LogP contribution in [-0.2, 0) is 0 Å². The second kappa shape index (κ2) is 5.43. The summed E-state index contributed by atoms with van der Waals surface area (Å²) in [4.78, 5) is 13.4. The van der Waals surface area contributed by atoms with E-state index >= 15 is 0 Å². The highest BCUT2D eigenvalue weighted by Crippen LogP contribution is 2.26. The molecule has 0 aromatic carbocycles. The summed E-state index contributed by atoms with van der Waals surface area (Å²) in [5.41, 5.74) is 1.24. The van der Waals surface area contributed by atoms with Gasteiger partial charge in [0.1, 0.15) is 0 Å². The molecule has 3 heterocycles. The Balaban J connectivity index is 1.68. The highest BCUT2D eigenvalue weighted by atomic mass is 16.3. The van der Waals surface area contributed by atoms with Crippen LogP contribution >= 0.6 is 0 Å². The summed E-state index contributed by atoms with van der Waals surface area (Å²) in [6.07, 6.45) is 6.80. The summed E-state index contributed by atoms with van der Waals surface area (Å²) >= 11 is 0. The van der Waals surface area contributed by atoms with Gasteiger partial charge in [0.15, 0.2) is 0 Å². The van der Waals surface area contributed by atoms with E-state index in [1.54, 1.807) is 0 Å². The molecule has 0 saturated carbocycles. The molecule has 0 radical (unpaired) electrons. The third-order valence-corrected chi connectivity index (χ3v) is 4.20. The molecule has 2 saturated heterocycles. The van der Waals surface area contributed by atoms with Gasteiger partial charge in [-0.2, -0.15) is 0 Å². The van der Waals surface area contributed by atoms with Crippen molar-refractivity contribution in [2.24, 2.45) is 0 Å². The van der Waals surface area contributed by atoms with Crippen molar-refractivity contribution in [2.75, 3.05) is 38.1 Å². The molecule has 0 aliphatic carbocycles. The summed E-state index contributed by atoms with van der Waals surface area (Å²) in [5, 5.41) is 9.69. The van der Waals surface area contributed by atoms with Crippen LogP contribution < -0.4 is 4.90 Å². The summed E-state index contributed by atoms with van der Waals surface area (Å²) in [6, 6.07) is 0. The van der Waals surface area contributed by atoms with Crippen molar-refractivity contribution in [3.05, 3.63) is 18.0 Å². The van der Waals surface area contributed by atoms with Crippen molar-refractivity contribution >= 4 is 5.95 Å². The van der Waals surface area contributed by atoms with Crippen LogP contribution in [0.25, 0.3) is 0 Å². The van der Waals surface area contributed by atoms with E-state index in [2.05, 4.69) is 26.8 Å². The Hall–Kier alpha value is -1.20. The summed E-state index contributed by atoms with van der Waals surface area (Å²) in [5.74, 6) is 1.33. The number of piperidine rings is 1. The molecular weight excluding hydrogens is 240 g/mol. The van der Waals surface area contributed by atoms with Crippen LogP contribution in [0.15, 0.2) is 12.4 Å². The minimum absolute atomic E-state index is 0.236. The molecule has 19 heavy (non-hydrogen) atoms. The van der Waals surface area contributed by atoms with Gasteiger partial charge in [0.2, 0.25) is 5.95 Å². The first-order chi connectivity index (χ1) is 9.22. The first kappa shape index (κ1) is 12.8. The normalized spacial score (nSPS) is 28.8. The SMILES string of the molecule is CN1CCC(c2cnc(N3CCCC(O)C3)nc2)C1. The van der Waals surface area contributed by atoms with Crippen LogP contribution in [0.4, 0.5) is 5.95 Å². The average molecular weight is 262 g/mol. The summed E-state index contributed by atoms with van der Waals surface area (Å²) in [6.45, 7) is 3.87. The second-order valence-corrected chi connectivity index (χ2v) is 5.81. The Labute approximate surface area is 114 Å². The molecule has 3 rings (SSSR count). The van der Waals surface area contributed by atoms with Gasteiger partial charge >= 0.3 is 0 Å². The van der Waals surface area contributed by atoms with Crippen LogP contribution in [0.5, 0.6) is 0 Å². The van der Waals surface area contributed by atoms with Gasteiger partial charge in [0.05, 0.1) is 6.10 Å². The molecule has 104 valence electrons. The number of likely N-dealkylation sites (tertiary alicyclic amines) is 1. The van der Waals surface area contributed by atoms with E-state index in [0.29, 0.717) is 12.5 Å². The van der Waals surface area contributed by atoms with Gasteiger partial charge in [-0.05, 0) is 38.4 Å². The minimum atomic E-state index is -0.236. The van der Waals surface area contributed by atoms with Crippen LogP contribution in [0.2, 0.25) is 0 Å². The van der Waals surface area contributed by atoms with Crippen LogP contribution in [-0.4, -0.2) is 59.3 Å². The lowest BCUT2D eigenvalue weighted by Gasteiger charge is -2.30. The minimum Gasteiger partial charge on any atom is -0.391 e. The number of likely N-dealkylation sites (N-methyl/N-ethyl adjacent to an activating group) is 1. The largest absolute Gasteiger partial charge is 0.391 e. The van der Waals surface area contributed by atoms with Gasteiger partial charge < -0.3 is 14.9 Å². The Morgan fingerprint density at radius 3 is 2.58 bits per heavy atom. The summed E-state index contributed by atoms with van der Waals surface area (Å²) < 4.78 is 0. The van der Waals surface area contributed by atoms with Gasteiger partial charge in [-0.1, -0.05) is 0 Å². The number of aromatic nitrogens is 2. The van der Waals surface area contributed by atoms with Gasteiger partial charge in [-0.15, -0.1) is 0 Å². The monoisotopic (exact) mass is 262 g/mol. The molecule has 5 nitrogen and oxygen atoms in total. The maximum absolute atomic E-state index is 9.69. The van der Waals surface area contributed by atoms with Crippen LogP contribution in [0.3, 0.4) is 0 Å². The lowest BCUT2D eigenvalue weighted by molar-refractivity contribution is 0.153. The quantitative estimate of drug-likeness (QED) is 0.856. The van der Waals surface area contributed by atoms with E-state index in [-0.39, 0.29) is 6.10 Å². The first-order valence-corrected chi connectivity index (χ1v) is 7.16. The number of nitrogens with zero attached hydrogens (tertiary/aromatic N) is 4. The highest BCUT2D eigenvalue weighted by molar-refractivity contribution is 5.31. The number of anilines is 1. The molecule has 1 N–H and O–H groups in total. The predicted molar refractivity (Wildman–Crippen MR) is 74.3 cm³/mol. The number of rotatable bonds is 2. The number of hydrogen-bond acceptors (Lipinski definition) is 5. The zero-order valence-electron chi connectivity index (χ0n) is 11.5. The first-order valence-electron chi connectivity index (χ1n) is 7.16. The Bertz CT molecular complexity index is 422. The van der Waals surface area contributed by atoms with Gasteiger partial charge in [-0.3, -0.25) is 0 Å². The van der Waals surface area contributed by atoms with Gasteiger partial charge in [0.25, 0.3) is 0 Å². The maximum atomic E-state index is 9.69. The fourth-order valence-corrected chi connectivity index (χ4v) is 3.05. The molecule has 0 bridgehead atoms. The van der Waals surface area contributed by atoms with Crippen LogP contribution in [0.1, 0.15) is 30.7 Å². The Morgan fingerprint density at radius 1 is 1.16 bits per heavy atom. The smallest absolute Gasteiger partial charge is 0.225 e. The lowest BCUT2D eigenvalue weighted by Crippen LogP contribution is -2.39. The zero-order chi connectivity index (χ0) is 13.2. The number of β-amino-alcohol motifs (C(OH)–C–C–N with tert-alkyl or cyclic N) is 1. The van der Waals surface area contributed by atoms with Crippen molar-refractivity contribution in [3.8, 4) is 0 Å². The fourth-order valence-electron chi connectivity index (χ4n) is 3.05. The van der Waals surface area contributed by atoms with E-state index in [4.69, 9.17) is 0 Å². The average Bonchev–Trinajstić information content (AvgIpc) is 2.86. The van der Waals surface area contributed by atoms with E-state index in [0.717, 1.165) is 38.4 Å². The van der Waals surface area contributed by atoms with E-state index in [9.17, 15) is 5.11 Å². The van der Waals surface area contributed by atoms with Crippen molar-refractivity contribution in [2.45, 2.75) is 31.3 Å². The van der Waals surface area contributed by atoms with E-state index in [1.807, 2.05) is 12.4 Å². The predicted octanol–water partition coefficient (Wildman–Crippen LogP) is 0.857. The summed E-state index contributed by atoms with van der Waals surface area (Å²) in [7, 11) is 2.16. The second-order valence-electron chi connectivity index (χ2n) is 5.81. The number of aliphatic hydroxyl groups is 1. The van der Waals surface area contributed by atoms with E-state index < -0.39 is 0 Å². The number of hydrogen-bond donors (Lipinski definition) is 1. The van der Waals surface area contributed by atoms with Crippen molar-refractivity contribution < 1.29 is 5.11 Å². The molecule has 1 aromatic rings. The number of aliphatic hydroxyl groups excluding tert-OH is 1. The van der Waals surface area contributed by atoms with Crippen LogP contribution in [0, 0.1) is 0 Å². The topological polar surface area (TPSA) is 52.5 Å². The highest BCUT2D eigenvalue weighted by Gasteiger charge is 2.23. The fraction of sp³-hybridized carbons (Fsp3) is 0.714. The Morgan fingerprint density at radius 2 is 1.95 bits per heavy atom. The molecule has 0 amide bonds. The van der Waals surface area contributed by atoms with Gasteiger partial charge in [0, 0.05) is 37.9 Å². The van der Waals surface area contributed by atoms with Crippen molar-refractivity contribution in [1.82, 2.24) is 14.9 Å². The van der Waals surface area contributed by atoms with Crippen molar-refractivity contribution in [3.63, 3.8) is 0 Å². The molecule has 5 heteroatoms. The molecule has 2 aliphatic heterocycles. The van der Waals surface area contributed by atoms with E-state index in [1.165, 1.54) is 12.0 Å². The molecular formula is C14H22N4O. The maximum Gasteiger partial charge on any atom is 0.225 e. The zero-order valence-corrected chi connectivity index (χ0v) is 11.5. The Kier molecular flexibility index (Phi) is 3.66. The van der Waals surface area contributed by atoms with Gasteiger partial charge in [-0.25, -0.2) is 9.97 Å². The molecule has 2 atom stereocenters. The third-order valence-electron chi connectivity index (χ3n) is 4.20. The third kappa shape index (κ3) is 2.87. The molecule has 1 aromatic heterocycles.